The van der Waals surface area contributed by atoms with Gasteiger partial charge in [0.2, 0.25) is 0 Å². The zero-order chi connectivity index (χ0) is 30.0. The fraction of sp³-hybridized carbons (Fsp3) is 0.429. The van der Waals surface area contributed by atoms with Crippen molar-refractivity contribution >= 4 is 29.5 Å². The molecule has 0 atom stereocenters. The van der Waals surface area contributed by atoms with E-state index in [0.29, 0.717) is 29.2 Å². The molecule has 42 heavy (non-hydrogen) atoms. The van der Waals surface area contributed by atoms with Crippen molar-refractivity contribution in [1.29, 1.82) is 0 Å². The van der Waals surface area contributed by atoms with Crippen molar-refractivity contribution in [1.82, 2.24) is 0 Å². The number of halogens is 2. The first-order valence-electron chi connectivity index (χ1n) is 15.1. The van der Waals surface area contributed by atoms with Crippen LogP contribution in [-0.4, -0.2) is 25.9 Å². The molecule has 0 aromatic heterocycles. The average Bonchev–Trinajstić information content (AvgIpc) is 3.00. The van der Waals surface area contributed by atoms with Gasteiger partial charge in [-0.15, -0.1) is 0 Å². The van der Waals surface area contributed by atoms with Crippen LogP contribution in [0.25, 0.3) is 0 Å². The molecule has 0 saturated heterocycles. The molecule has 3 aromatic rings. The molecule has 0 aliphatic carbocycles. The third-order valence-corrected chi connectivity index (χ3v) is 7.30. The van der Waals surface area contributed by atoms with Gasteiger partial charge in [0, 0.05) is 6.21 Å². The maximum absolute atomic E-state index is 13.4. The van der Waals surface area contributed by atoms with E-state index in [4.69, 9.17) is 25.8 Å². The van der Waals surface area contributed by atoms with Crippen LogP contribution in [0, 0.1) is 5.82 Å². The van der Waals surface area contributed by atoms with Gasteiger partial charge in [-0.1, -0.05) is 89.2 Å². The molecular formula is C35H43ClFNO4. The van der Waals surface area contributed by atoms with Crippen molar-refractivity contribution in [3.05, 3.63) is 82.6 Å². The molecule has 0 amide bonds. The number of carbonyl (C=O) groups excluding carboxylic acids is 1. The first kappa shape index (κ1) is 33.1. The summed E-state index contributed by atoms with van der Waals surface area (Å²) in [5.41, 5.74) is 1.63. The molecule has 0 unspecified atom stereocenters. The van der Waals surface area contributed by atoms with Gasteiger partial charge in [0.25, 0.3) is 0 Å². The third kappa shape index (κ3) is 11.8. The van der Waals surface area contributed by atoms with Gasteiger partial charge in [-0.05, 0) is 72.6 Å². The Bertz CT molecular complexity index is 1260. The number of nitrogens with zero attached hydrogens (tertiary/aromatic N) is 1. The average molecular weight is 596 g/mol. The van der Waals surface area contributed by atoms with Crippen LogP contribution in [0.4, 0.5) is 10.1 Å². The highest BCUT2D eigenvalue weighted by atomic mass is 35.5. The number of hydrogen-bond donors (Lipinski definition) is 0. The van der Waals surface area contributed by atoms with Crippen LogP contribution >= 0.6 is 11.6 Å². The minimum Gasteiger partial charge on any atom is -0.494 e. The summed E-state index contributed by atoms with van der Waals surface area (Å²) in [6.07, 6.45) is 17.3. The zero-order valence-electron chi connectivity index (χ0n) is 24.9. The lowest BCUT2D eigenvalue weighted by Crippen LogP contribution is -2.09. The molecule has 0 spiro atoms. The molecule has 0 aliphatic rings. The SMILES string of the molecule is CCCCCCCCCCCCCCOc1ccc(C(=O)Oc2ccc(C=Nc3ccc(F)c(Cl)c3)cc2OC)cc1. The minimum absolute atomic E-state index is 0.00340. The Morgan fingerprint density at radius 3 is 2.07 bits per heavy atom. The highest BCUT2D eigenvalue weighted by Crippen LogP contribution is 2.29. The van der Waals surface area contributed by atoms with Crippen LogP contribution in [0.3, 0.4) is 0 Å². The number of benzene rings is 3. The van der Waals surface area contributed by atoms with Crippen LogP contribution in [-0.2, 0) is 0 Å². The second kappa shape index (κ2) is 18.9. The molecule has 0 heterocycles. The molecule has 226 valence electrons. The Morgan fingerprint density at radius 2 is 1.45 bits per heavy atom. The van der Waals surface area contributed by atoms with Crippen LogP contribution in [0.1, 0.15) is 99.9 Å². The molecule has 0 fully saturated rings. The molecule has 0 radical (unpaired) electrons. The van der Waals surface area contributed by atoms with E-state index in [1.807, 2.05) is 0 Å². The first-order valence-corrected chi connectivity index (χ1v) is 15.5. The molecular weight excluding hydrogens is 553 g/mol. The van der Waals surface area contributed by atoms with Crippen molar-refractivity contribution < 1.29 is 23.4 Å². The maximum atomic E-state index is 13.4. The first-order chi connectivity index (χ1) is 20.5. The summed E-state index contributed by atoms with van der Waals surface area (Å²) >= 11 is 5.81. The number of aliphatic imine (C=N–C) groups is 1. The Kier molecular flexibility index (Phi) is 14.9. The maximum Gasteiger partial charge on any atom is 0.343 e. The predicted molar refractivity (Wildman–Crippen MR) is 170 cm³/mol. The number of carbonyl (C=O) groups is 1. The topological polar surface area (TPSA) is 57.1 Å². The standard InChI is InChI=1S/C35H43ClFNO4/c1-3-4-5-6-7-8-9-10-11-12-13-14-23-41-30-19-16-28(17-20-30)35(39)42-33-22-15-27(24-34(33)40-2)26-38-29-18-21-32(37)31(36)25-29/h15-22,24-26H,3-14,23H2,1-2H3. The Hall–Kier alpha value is -3.38. The van der Waals surface area contributed by atoms with Crippen LogP contribution in [0.15, 0.2) is 65.7 Å². The summed E-state index contributed by atoms with van der Waals surface area (Å²) in [7, 11) is 1.50. The number of methoxy groups -OCH3 is 1. The van der Waals surface area contributed by atoms with E-state index in [0.717, 1.165) is 12.2 Å². The number of rotatable bonds is 19. The summed E-state index contributed by atoms with van der Waals surface area (Å²) < 4.78 is 30.2. The van der Waals surface area contributed by atoms with E-state index in [-0.39, 0.29) is 10.8 Å². The van der Waals surface area contributed by atoms with Gasteiger partial charge in [-0.2, -0.15) is 0 Å². The highest BCUT2D eigenvalue weighted by molar-refractivity contribution is 6.31. The molecule has 3 aromatic carbocycles. The third-order valence-electron chi connectivity index (χ3n) is 7.01. The van der Waals surface area contributed by atoms with E-state index in [1.54, 1.807) is 48.7 Å². The summed E-state index contributed by atoms with van der Waals surface area (Å²) in [5.74, 6) is 0.408. The summed E-state index contributed by atoms with van der Waals surface area (Å²) in [6, 6.07) is 16.3. The summed E-state index contributed by atoms with van der Waals surface area (Å²) in [4.78, 5) is 17.1. The van der Waals surface area contributed by atoms with Gasteiger partial charge in [0.15, 0.2) is 11.5 Å². The van der Waals surface area contributed by atoms with Crippen molar-refractivity contribution in [3.8, 4) is 17.2 Å². The number of hydrogen-bond acceptors (Lipinski definition) is 5. The number of esters is 1. The molecule has 5 nitrogen and oxygen atoms in total. The van der Waals surface area contributed by atoms with E-state index < -0.39 is 11.8 Å². The van der Waals surface area contributed by atoms with Crippen LogP contribution in [0.5, 0.6) is 17.2 Å². The fourth-order valence-corrected chi connectivity index (χ4v) is 4.72. The Morgan fingerprint density at radius 1 is 0.810 bits per heavy atom. The molecule has 0 aliphatic heterocycles. The Balaban J connectivity index is 1.37. The van der Waals surface area contributed by atoms with Gasteiger partial charge in [-0.25, -0.2) is 9.18 Å². The van der Waals surface area contributed by atoms with Gasteiger partial charge in [-0.3, -0.25) is 4.99 Å². The van der Waals surface area contributed by atoms with Crippen molar-refractivity contribution in [2.75, 3.05) is 13.7 Å². The number of ether oxygens (including phenoxy) is 3. The van der Waals surface area contributed by atoms with Gasteiger partial charge < -0.3 is 14.2 Å². The second-order valence-corrected chi connectivity index (χ2v) is 10.8. The normalized spacial score (nSPS) is 11.1. The molecule has 7 heteroatoms. The molecule has 0 bridgehead atoms. The van der Waals surface area contributed by atoms with Crippen molar-refractivity contribution in [3.63, 3.8) is 0 Å². The predicted octanol–water partition coefficient (Wildman–Crippen LogP) is 10.5. The monoisotopic (exact) mass is 595 g/mol. The Labute approximate surface area is 255 Å². The highest BCUT2D eigenvalue weighted by Gasteiger charge is 2.13. The lowest BCUT2D eigenvalue weighted by atomic mass is 10.1. The fourth-order valence-electron chi connectivity index (χ4n) is 4.54. The smallest absolute Gasteiger partial charge is 0.343 e. The minimum atomic E-state index is -0.500. The van der Waals surface area contributed by atoms with E-state index in [1.165, 1.54) is 95.9 Å². The molecule has 3 rings (SSSR count). The zero-order valence-corrected chi connectivity index (χ0v) is 25.6. The summed E-state index contributed by atoms with van der Waals surface area (Å²) in [5, 5.41) is 0.00340. The second-order valence-electron chi connectivity index (χ2n) is 10.4. The molecule has 0 N–H and O–H groups in total. The van der Waals surface area contributed by atoms with Crippen LogP contribution in [0.2, 0.25) is 5.02 Å². The van der Waals surface area contributed by atoms with Crippen molar-refractivity contribution in [2.45, 2.75) is 84.0 Å². The van der Waals surface area contributed by atoms with Gasteiger partial charge >= 0.3 is 5.97 Å². The van der Waals surface area contributed by atoms with E-state index in [2.05, 4.69) is 11.9 Å². The quantitative estimate of drug-likeness (QED) is 0.0598. The van der Waals surface area contributed by atoms with E-state index in [9.17, 15) is 9.18 Å². The van der Waals surface area contributed by atoms with Crippen molar-refractivity contribution in [2.24, 2.45) is 4.99 Å². The lowest BCUT2D eigenvalue weighted by Gasteiger charge is -2.11. The van der Waals surface area contributed by atoms with Crippen LogP contribution < -0.4 is 14.2 Å². The lowest BCUT2D eigenvalue weighted by molar-refractivity contribution is 0.0729. The van der Waals surface area contributed by atoms with Gasteiger partial charge in [0.05, 0.1) is 30.0 Å². The summed E-state index contributed by atoms with van der Waals surface area (Å²) in [6.45, 7) is 2.93. The van der Waals surface area contributed by atoms with Gasteiger partial charge in [0.1, 0.15) is 11.6 Å². The number of unbranched alkanes of at least 4 members (excludes halogenated alkanes) is 11. The largest absolute Gasteiger partial charge is 0.494 e. The van der Waals surface area contributed by atoms with E-state index >= 15 is 0 Å². The molecule has 0 saturated carbocycles.